The first-order valence-electron chi connectivity index (χ1n) is 10.3. The summed E-state index contributed by atoms with van der Waals surface area (Å²) in [6.07, 6.45) is 7.61. The number of ether oxygens (including phenoxy) is 1. The average Bonchev–Trinajstić information content (AvgIpc) is 3.41. The fourth-order valence-corrected chi connectivity index (χ4v) is 5.27. The highest BCUT2D eigenvalue weighted by Crippen LogP contribution is 2.47. The van der Waals surface area contributed by atoms with Gasteiger partial charge in [-0.2, -0.15) is 0 Å². The summed E-state index contributed by atoms with van der Waals surface area (Å²) in [5, 5.41) is 0. The molecular weight excluding hydrogens is 336 g/mol. The van der Waals surface area contributed by atoms with Gasteiger partial charge in [0.2, 0.25) is 0 Å². The molecule has 27 heavy (non-hydrogen) atoms. The number of aryl methyl sites for hydroxylation is 1. The van der Waals surface area contributed by atoms with Crippen molar-refractivity contribution in [2.75, 3.05) is 44.3 Å². The molecule has 0 bridgehead atoms. The van der Waals surface area contributed by atoms with E-state index in [-0.39, 0.29) is 0 Å². The third-order valence-electron chi connectivity index (χ3n) is 6.93. The molecule has 3 aliphatic heterocycles. The molecule has 0 N–H and O–H groups in total. The fourth-order valence-electron chi connectivity index (χ4n) is 5.27. The first-order chi connectivity index (χ1) is 13.2. The molecule has 0 amide bonds. The van der Waals surface area contributed by atoms with Gasteiger partial charge in [-0.3, -0.25) is 4.90 Å². The molecule has 0 radical (unpaired) electrons. The lowest BCUT2D eigenvalue weighted by atomic mass is 9.74. The maximum absolute atomic E-state index is 5.63. The molecule has 1 aromatic carbocycles. The fraction of sp³-hybridized carbons (Fsp3) is 0.591. The summed E-state index contributed by atoms with van der Waals surface area (Å²) >= 11 is 0. The Morgan fingerprint density at radius 2 is 2.07 bits per heavy atom. The molecule has 2 fully saturated rings. The van der Waals surface area contributed by atoms with Crippen LogP contribution in [0.1, 0.15) is 30.5 Å². The van der Waals surface area contributed by atoms with Crippen molar-refractivity contribution in [1.82, 2.24) is 14.5 Å². The number of piperidine rings is 1. The van der Waals surface area contributed by atoms with Crippen LogP contribution in [-0.2, 0) is 23.7 Å². The number of nitrogens with zero attached hydrogens (tertiary/aromatic N) is 4. The summed E-state index contributed by atoms with van der Waals surface area (Å²) in [6.45, 7) is 7.55. The number of benzene rings is 1. The predicted octanol–water partition coefficient (Wildman–Crippen LogP) is 2.81. The number of hydrogen-bond donors (Lipinski definition) is 0. The Bertz CT molecular complexity index is 787. The Balaban J connectivity index is 1.30. The summed E-state index contributed by atoms with van der Waals surface area (Å²) in [4.78, 5) is 9.52. The topological polar surface area (TPSA) is 33.5 Å². The van der Waals surface area contributed by atoms with Crippen LogP contribution in [0.5, 0.6) is 0 Å². The van der Waals surface area contributed by atoms with E-state index in [4.69, 9.17) is 4.74 Å². The van der Waals surface area contributed by atoms with E-state index in [1.54, 1.807) is 5.56 Å². The first-order valence-corrected chi connectivity index (χ1v) is 10.3. The summed E-state index contributed by atoms with van der Waals surface area (Å²) < 4.78 is 7.77. The lowest BCUT2D eigenvalue weighted by Gasteiger charge is -2.40. The zero-order chi connectivity index (χ0) is 18.3. The van der Waals surface area contributed by atoms with Crippen molar-refractivity contribution in [3.63, 3.8) is 0 Å². The van der Waals surface area contributed by atoms with Crippen molar-refractivity contribution in [2.45, 2.75) is 31.2 Å². The van der Waals surface area contributed by atoms with E-state index in [0.29, 0.717) is 11.3 Å². The first kappa shape index (κ1) is 17.3. The van der Waals surface area contributed by atoms with E-state index in [1.807, 2.05) is 12.5 Å². The van der Waals surface area contributed by atoms with Crippen molar-refractivity contribution in [3.05, 3.63) is 48.0 Å². The number of rotatable bonds is 4. The zero-order valence-electron chi connectivity index (χ0n) is 16.3. The van der Waals surface area contributed by atoms with Gasteiger partial charge in [0.25, 0.3) is 0 Å². The number of anilines is 1. The van der Waals surface area contributed by atoms with Crippen LogP contribution in [0.25, 0.3) is 0 Å². The van der Waals surface area contributed by atoms with E-state index in [1.165, 1.54) is 50.3 Å². The van der Waals surface area contributed by atoms with Gasteiger partial charge >= 0.3 is 0 Å². The van der Waals surface area contributed by atoms with E-state index < -0.39 is 0 Å². The maximum atomic E-state index is 5.63. The molecule has 3 aliphatic rings. The van der Waals surface area contributed by atoms with Crippen LogP contribution in [0, 0.1) is 5.92 Å². The van der Waals surface area contributed by atoms with Crippen LogP contribution in [-0.4, -0.2) is 53.8 Å². The molecule has 5 heteroatoms. The van der Waals surface area contributed by atoms with Crippen molar-refractivity contribution in [1.29, 1.82) is 0 Å². The molecule has 2 aromatic rings. The molecule has 144 valence electrons. The molecule has 1 aromatic heterocycles. The summed E-state index contributed by atoms with van der Waals surface area (Å²) in [5.41, 5.74) is 4.70. The van der Waals surface area contributed by atoms with Crippen molar-refractivity contribution in [2.24, 2.45) is 13.0 Å². The number of fused-ring (bicyclic) bond motifs is 2. The molecule has 0 saturated carbocycles. The Hall–Kier alpha value is -1.85. The Labute approximate surface area is 161 Å². The number of imidazole rings is 1. The molecule has 4 heterocycles. The molecular formula is C22H30N4O. The van der Waals surface area contributed by atoms with Gasteiger partial charge in [0.05, 0.1) is 18.6 Å². The molecule has 5 nitrogen and oxygen atoms in total. The second kappa shape index (κ2) is 6.95. The molecule has 1 spiro atoms. The van der Waals surface area contributed by atoms with E-state index in [0.717, 1.165) is 26.3 Å². The highest BCUT2D eigenvalue weighted by atomic mass is 16.5. The Morgan fingerprint density at radius 3 is 2.81 bits per heavy atom. The smallest absolute Gasteiger partial charge is 0.0945 e. The summed E-state index contributed by atoms with van der Waals surface area (Å²) in [5.74, 6) is 0.693. The van der Waals surface area contributed by atoms with Crippen molar-refractivity contribution >= 4 is 5.69 Å². The van der Waals surface area contributed by atoms with E-state index >= 15 is 0 Å². The van der Waals surface area contributed by atoms with Crippen LogP contribution >= 0.6 is 0 Å². The van der Waals surface area contributed by atoms with Crippen molar-refractivity contribution < 1.29 is 4.74 Å². The second-order valence-corrected chi connectivity index (χ2v) is 8.68. The van der Waals surface area contributed by atoms with Crippen molar-refractivity contribution in [3.8, 4) is 0 Å². The third kappa shape index (κ3) is 3.17. The van der Waals surface area contributed by atoms with Gasteiger partial charge in [-0.05, 0) is 44.0 Å². The lowest BCUT2D eigenvalue weighted by Crippen LogP contribution is -2.45. The average molecular weight is 367 g/mol. The highest BCUT2D eigenvalue weighted by Gasteiger charge is 2.44. The molecule has 2 saturated heterocycles. The number of likely N-dealkylation sites (tertiary alicyclic amines) is 1. The van der Waals surface area contributed by atoms with Gasteiger partial charge in [-0.15, -0.1) is 0 Å². The quantitative estimate of drug-likeness (QED) is 0.833. The van der Waals surface area contributed by atoms with Crippen LogP contribution in [0.4, 0.5) is 5.69 Å². The predicted molar refractivity (Wildman–Crippen MR) is 107 cm³/mol. The normalized spacial score (nSPS) is 24.6. The van der Waals surface area contributed by atoms with Gasteiger partial charge in [-0.1, -0.05) is 18.2 Å². The minimum Gasteiger partial charge on any atom is -0.381 e. The standard InChI is InChI=1S/C22H30N4O/c1-24-17-23-12-19(24)14-25-9-7-22(8-10-25)16-26(13-18-6-11-27-15-18)21-5-3-2-4-20(21)22/h2-5,12,17-18H,6-11,13-16H2,1H3. The van der Waals surface area contributed by atoms with Gasteiger partial charge < -0.3 is 14.2 Å². The summed E-state index contributed by atoms with van der Waals surface area (Å²) in [6, 6.07) is 9.15. The number of para-hydroxylation sites is 1. The maximum Gasteiger partial charge on any atom is 0.0945 e. The third-order valence-corrected chi connectivity index (χ3v) is 6.93. The van der Waals surface area contributed by atoms with Crippen LogP contribution in [0.2, 0.25) is 0 Å². The van der Waals surface area contributed by atoms with Gasteiger partial charge in [0.1, 0.15) is 0 Å². The van der Waals surface area contributed by atoms with Gasteiger partial charge in [-0.25, -0.2) is 4.98 Å². The summed E-state index contributed by atoms with van der Waals surface area (Å²) in [7, 11) is 2.09. The highest BCUT2D eigenvalue weighted by molar-refractivity contribution is 5.63. The molecule has 0 aliphatic carbocycles. The lowest BCUT2D eigenvalue weighted by molar-refractivity contribution is 0.156. The van der Waals surface area contributed by atoms with E-state index in [9.17, 15) is 0 Å². The molecule has 1 unspecified atom stereocenters. The van der Waals surface area contributed by atoms with E-state index in [2.05, 4.69) is 50.7 Å². The minimum absolute atomic E-state index is 0.332. The van der Waals surface area contributed by atoms with Crippen LogP contribution < -0.4 is 4.90 Å². The number of hydrogen-bond acceptors (Lipinski definition) is 4. The van der Waals surface area contributed by atoms with Crippen LogP contribution in [0.15, 0.2) is 36.8 Å². The minimum atomic E-state index is 0.332. The van der Waals surface area contributed by atoms with Gasteiger partial charge in [0, 0.05) is 56.5 Å². The SMILES string of the molecule is Cn1cncc1CN1CCC2(CC1)CN(CC1CCOC1)c1ccccc12. The van der Waals surface area contributed by atoms with Gasteiger partial charge in [0.15, 0.2) is 0 Å². The largest absolute Gasteiger partial charge is 0.381 e. The zero-order valence-corrected chi connectivity index (χ0v) is 16.3. The molecule has 5 rings (SSSR count). The Morgan fingerprint density at radius 1 is 1.22 bits per heavy atom. The number of aromatic nitrogens is 2. The molecule has 1 atom stereocenters. The monoisotopic (exact) mass is 366 g/mol. The second-order valence-electron chi connectivity index (χ2n) is 8.68. The van der Waals surface area contributed by atoms with Crippen LogP contribution in [0.3, 0.4) is 0 Å². The Kier molecular flexibility index (Phi) is 4.44.